The predicted octanol–water partition coefficient (Wildman–Crippen LogP) is 2.11. The zero-order valence-corrected chi connectivity index (χ0v) is 8.90. The maximum atomic E-state index is 8.78. The fourth-order valence-electron chi connectivity index (χ4n) is 1.54. The normalized spacial score (nSPS) is 15.1. The van der Waals surface area contributed by atoms with Crippen molar-refractivity contribution in [1.82, 2.24) is 5.32 Å². The van der Waals surface area contributed by atoms with Crippen LogP contribution in [0.3, 0.4) is 0 Å². The molecule has 1 aromatic rings. The Morgan fingerprint density at radius 1 is 1.21 bits per heavy atom. The molecule has 0 spiro atoms. The third-order valence-corrected chi connectivity index (χ3v) is 2.40. The summed E-state index contributed by atoms with van der Waals surface area (Å²) in [6, 6.07) is 11.0. The summed E-state index contributed by atoms with van der Waals surface area (Å²) in [6.45, 7) is 4.48. The van der Waals surface area contributed by atoms with Crippen LogP contribution in [0.25, 0.3) is 0 Å². The molecule has 0 aliphatic carbocycles. The quantitative estimate of drug-likeness (QED) is 0.750. The summed E-state index contributed by atoms with van der Waals surface area (Å²) in [5, 5.41) is 12.2. The molecular formula is C12H19NO. The summed E-state index contributed by atoms with van der Waals surface area (Å²) in [5.74, 6) is 0. The van der Waals surface area contributed by atoms with E-state index in [-0.39, 0.29) is 6.61 Å². The first-order valence-corrected chi connectivity index (χ1v) is 5.16. The van der Waals surface area contributed by atoms with Gasteiger partial charge in [-0.3, -0.25) is 0 Å². The first-order valence-electron chi connectivity index (χ1n) is 5.16. The summed E-state index contributed by atoms with van der Waals surface area (Å²) >= 11 is 0. The number of aliphatic hydroxyl groups excluding tert-OH is 1. The summed E-state index contributed by atoms with van der Waals surface area (Å²) < 4.78 is 0. The van der Waals surface area contributed by atoms with Gasteiger partial charge in [-0.25, -0.2) is 0 Å². The van der Waals surface area contributed by atoms with Crippen molar-refractivity contribution >= 4 is 0 Å². The van der Waals surface area contributed by atoms with Crippen LogP contribution in [0.15, 0.2) is 30.3 Å². The molecule has 0 bridgehead atoms. The lowest BCUT2D eigenvalue weighted by atomic mass is 10.1. The number of benzene rings is 1. The molecule has 2 N–H and O–H groups in total. The second-order valence-corrected chi connectivity index (χ2v) is 3.71. The second-order valence-electron chi connectivity index (χ2n) is 3.71. The highest BCUT2D eigenvalue weighted by atomic mass is 16.3. The smallest absolute Gasteiger partial charge is 0.0445 e. The molecule has 0 unspecified atom stereocenters. The molecule has 0 aliphatic rings. The van der Waals surface area contributed by atoms with Crippen LogP contribution in [0, 0.1) is 0 Å². The van der Waals surface area contributed by atoms with Crippen molar-refractivity contribution in [1.29, 1.82) is 0 Å². The number of hydrogen-bond acceptors (Lipinski definition) is 2. The van der Waals surface area contributed by atoms with Crippen molar-refractivity contribution < 1.29 is 5.11 Å². The van der Waals surface area contributed by atoms with E-state index in [9.17, 15) is 0 Å². The zero-order valence-electron chi connectivity index (χ0n) is 8.90. The molecule has 0 saturated carbocycles. The molecule has 78 valence electrons. The molecule has 2 heteroatoms. The number of rotatable bonds is 5. The Bertz CT molecular complexity index is 248. The van der Waals surface area contributed by atoms with Gasteiger partial charge in [-0.1, -0.05) is 30.3 Å². The minimum Gasteiger partial charge on any atom is -0.396 e. The van der Waals surface area contributed by atoms with Crippen LogP contribution in [0.5, 0.6) is 0 Å². The van der Waals surface area contributed by atoms with Crippen molar-refractivity contribution in [2.45, 2.75) is 32.4 Å². The van der Waals surface area contributed by atoms with E-state index in [1.807, 2.05) is 18.2 Å². The summed E-state index contributed by atoms with van der Waals surface area (Å²) in [7, 11) is 0. The third kappa shape index (κ3) is 3.48. The standard InChI is InChI=1S/C12H19NO/c1-10(8-9-14)13-11(2)12-6-4-3-5-7-12/h3-7,10-11,13-14H,8-9H2,1-2H3/t10-,11+/m1/s1. The molecular weight excluding hydrogens is 174 g/mol. The molecule has 2 atom stereocenters. The van der Waals surface area contributed by atoms with Gasteiger partial charge in [0.05, 0.1) is 0 Å². The molecule has 0 radical (unpaired) electrons. The minimum atomic E-state index is 0.246. The van der Waals surface area contributed by atoms with Crippen molar-refractivity contribution in [2.24, 2.45) is 0 Å². The molecule has 0 aliphatic heterocycles. The lowest BCUT2D eigenvalue weighted by Gasteiger charge is -2.19. The van der Waals surface area contributed by atoms with Crippen molar-refractivity contribution in [3.63, 3.8) is 0 Å². The van der Waals surface area contributed by atoms with Gasteiger partial charge in [-0.15, -0.1) is 0 Å². The van der Waals surface area contributed by atoms with Crippen molar-refractivity contribution in [3.05, 3.63) is 35.9 Å². The lowest BCUT2D eigenvalue weighted by molar-refractivity contribution is 0.264. The predicted molar refractivity (Wildman–Crippen MR) is 59.2 cm³/mol. The Balaban J connectivity index is 2.46. The first kappa shape index (κ1) is 11.2. The SMILES string of the molecule is C[C@H](CCO)N[C@@H](C)c1ccccc1. The van der Waals surface area contributed by atoms with E-state index in [2.05, 4.69) is 31.3 Å². The van der Waals surface area contributed by atoms with Gasteiger partial charge in [0.1, 0.15) is 0 Å². The number of hydrogen-bond donors (Lipinski definition) is 2. The Morgan fingerprint density at radius 3 is 2.43 bits per heavy atom. The summed E-state index contributed by atoms with van der Waals surface area (Å²) in [4.78, 5) is 0. The summed E-state index contributed by atoms with van der Waals surface area (Å²) in [6.07, 6.45) is 0.803. The van der Waals surface area contributed by atoms with Gasteiger partial charge in [0.2, 0.25) is 0 Å². The highest BCUT2D eigenvalue weighted by molar-refractivity contribution is 5.18. The molecule has 1 aromatic carbocycles. The summed E-state index contributed by atoms with van der Waals surface area (Å²) in [5.41, 5.74) is 1.29. The average molecular weight is 193 g/mol. The Kier molecular flexibility index (Phi) is 4.63. The molecule has 0 heterocycles. The fourth-order valence-corrected chi connectivity index (χ4v) is 1.54. The van der Waals surface area contributed by atoms with Crippen LogP contribution in [0.1, 0.15) is 31.9 Å². The van der Waals surface area contributed by atoms with Gasteiger partial charge in [-0.2, -0.15) is 0 Å². The highest BCUT2D eigenvalue weighted by Gasteiger charge is 2.07. The van der Waals surface area contributed by atoms with Gasteiger partial charge in [0.15, 0.2) is 0 Å². The Morgan fingerprint density at radius 2 is 1.86 bits per heavy atom. The fraction of sp³-hybridized carbons (Fsp3) is 0.500. The van der Waals surface area contributed by atoms with Gasteiger partial charge < -0.3 is 10.4 Å². The van der Waals surface area contributed by atoms with E-state index in [0.717, 1.165) is 6.42 Å². The van der Waals surface area contributed by atoms with E-state index in [1.54, 1.807) is 0 Å². The van der Waals surface area contributed by atoms with E-state index >= 15 is 0 Å². The van der Waals surface area contributed by atoms with Crippen LogP contribution in [0.4, 0.5) is 0 Å². The second kappa shape index (κ2) is 5.78. The van der Waals surface area contributed by atoms with Crippen LogP contribution in [-0.2, 0) is 0 Å². The molecule has 0 saturated heterocycles. The van der Waals surface area contributed by atoms with Gasteiger partial charge in [0, 0.05) is 18.7 Å². The van der Waals surface area contributed by atoms with Crippen LogP contribution in [-0.4, -0.2) is 17.8 Å². The van der Waals surface area contributed by atoms with E-state index in [4.69, 9.17) is 5.11 Å². The van der Waals surface area contributed by atoms with Crippen LogP contribution < -0.4 is 5.32 Å². The Hall–Kier alpha value is -0.860. The first-order chi connectivity index (χ1) is 6.74. The maximum Gasteiger partial charge on any atom is 0.0445 e. The van der Waals surface area contributed by atoms with Crippen molar-refractivity contribution in [3.8, 4) is 0 Å². The maximum absolute atomic E-state index is 8.78. The largest absolute Gasteiger partial charge is 0.396 e. The van der Waals surface area contributed by atoms with E-state index < -0.39 is 0 Å². The van der Waals surface area contributed by atoms with Crippen molar-refractivity contribution in [2.75, 3.05) is 6.61 Å². The van der Waals surface area contributed by atoms with Crippen LogP contribution in [0.2, 0.25) is 0 Å². The van der Waals surface area contributed by atoms with E-state index in [0.29, 0.717) is 12.1 Å². The number of aliphatic hydroxyl groups is 1. The van der Waals surface area contributed by atoms with Gasteiger partial charge in [0.25, 0.3) is 0 Å². The lowest BCUT2D eigenvalue weighted by Crippen LogP contribution is -2.29. The zero-order chi connectivity index (χ0) is 10.4. The van der Waals surface area contributed by atoms with Gasteiger partial charge in [-0.05, 0) is 25.8 Å². The molecule has 2 nitrogen and oxygen atoms in total. The minimum absolute atomic E-state index is 0.246. The third-order valence-electron chi connectivity index (χ3n) is 2.40. The topological polar surface area (TPSA) is 32.3 Å². The average Bonchev–Trinajstić information content (AvgIpc) is 2.19. The molecule has 0 aromatic heterocycles. The molecule has 14 heavy (non-hydrogen) atoms. The monoisotopic (exact) mass is 193 g/mol. The highest BCUT2D eigenvalue weighted by Crippen LogP contribution is 2.12. The molecule has 0 amide bonds. The molecule has 1 rings (SSSR count). The number of nitrogens with one attached hydrogen (secondary N) is 1. The molecule has 0 fully saturated rings. The van der Waals surface area contributed by atoms with E-state index in [1.165, 1.54) is 5.56 Å². The van der Waals surface area contributed by atoms with Gasteiger partial charge >= 0.3 is 0 Å². The Labute approximate surface area is 86.0 Å². The van der Waals surface area contributed by atoms with Crippen LogP contribution >= 0.6 is 0 Å².